The van der Waals surface area contributed by atoms with Crippen molar-refractivity contribution in [3.63, 3.8) is 0 Å². The van der Waals surface area contributed by atoms with Crippen LogP contribution in [0.25, 0.3) is 11.4 Å². The zero-order valence-electron chi connectivity index (χ0n) is 17.0. The van der Waals surface area contributed by atoms with E-state index in [-0.39, 0.29) is 5.91 Å². The maximum Gasteiger partial charge on any atom is 0.490 e. The summed E-state index contributed by atoms with van der Waals surface area (Å²) < 4.78 is 33.4. The summed E-state index contributed by atoms with van der Waals surface area (Å²) in [7, 11) is 1.83. The van der Waals surface area contributed by atoms with Gasteiger partial charge >= 0.3 is 12.1 Å². The van der Waals surface area contributed by atoms with Crippen molar-refractivity contribution in [3.05, 3.63) is 66.0 Å². The van der Waals surface area contributed by atoms with E-state index >= 15 is 0 Å². The molecule has 0 fully saturated rings. The maximum absolute atomic E-state index is 13.0. The van der Waals surface area contributed by atoms with Gasteiger partial charge in [0.2, 0.25) is 0 Å². The lowest BCUT2D eigenvalue weighted by Crippen LogP contribution is -2.34. The van der Waals surface area contributed by atoms with Crippen molar-refractivity contribution in [2.45, 2.75) is 12.7 Å². The number of alkyl halides is 3. The third kappa shape index (κ3) is 5.49. The van der Waals surface area contributed by atoms with E-state index in [1.165, 1.54) is 0 Å². The number of aliphatic carboxylic acids is 1. The van der Waals surface area contributed by atoms with Crippen molar-refractivity contribution in [1.29, 1.82) is 0 Å². The number of carbonyl (C=O) groups is 2. The van der Waals surface area contributed by atoms with E-state index in [4.69, 9.17) is 9.90 Å². The van der Waals surface area contributed by atoms with E-state index in [0.717, 1.165) is 29.9 Å². The van der Waals surface area contributed by atoms with Crippen molar-refractivity contribution < 1.29 is 27.9 Å². The number of para-hydroxylation sites is 1. The summed E-state index contributed by atoms with van der Waals surface area (Å²) in [5.74, 6) is -2.09. The molecule has 0 spiro atoms. The monoisotopic (exact) mass is 447 g/mol. The molecule has 1 amide bonds. The first-order valence-corrected chi connectivity index (χ1v) is 9.53. The number of amides is 1. The third-order valence-electron chi connectivity index (χ3n) is 4.59. The van der Waals surface area contributed by atoms with Crippen LogP contribution in [0.2, 0.25) is 0 Å². The average Bonchev–Trinajstić information content (AvgIpc) is 3.08. The zero-order valence-corrected chi connectivity index (χ0v) is 17.0. The number of hydrogen-bond acceptors (Lipinski definition) is 5. The van der Waals surface area contributed by atoms with Gasteiger partial charge in [0, 0.05) is 43.5 Å². The molecule has 1 aromatic heterocycles. The first-order valence-electron chi connectivity index (χ1n) is 9.53. The molecule has 0 bridgehead atoms. The lowest BCUT2D eigenvalue weighted by atomic mass is 10.1. The zero-order chi connectivity index (χ0) is 23.3. The molecular formula is C21H20F3N5O3. The Bertz CT molecular complexity index is 1100. The number of halogens is 3. The Labute approximate surface area is 181 Å². The van der Waals surface area contributed by atoms with Gasteiger partial charge in [0.15, 0.2) is 5.82 Å². The van der Waals surface area contributed by atoms with E-state index in [0.29, 0.717) is 17.9 Å². The number of fused-ring (bicyclic) bond motifs is 1. The van der Waals surface area contributed by atoms with Crippen LogP contribution in [0.4, 0.5) is 18.9 Å². The molecule has 2 N–H and O–H groups in total. The molecule has 2 aromatic carbocycles. The Hall–Kier alpha value is -3.73. The molecule has 0 radical (unpaired) electrons. The van der Waals surface area contributed by atoms with E-state index in [2.05, 4.69) is 21.5 Å². The Kier molecular flexibility index (Phi) is 6.89. The Morgan fingerprint density at radius 2 is 1.75 bits per heavy atom. The molecule has 2 heterocycles. The molecule has 0 saturated carbocycles. The Balaban J connectivity index is 0.000000360. The fourth-order valence-corrected chi connectivity index (χ4v) is 3.06. The molecule has 3 aromatic rings. The molecule has 32 heavy (non-hydrogen) atoms. The number of benzene rings is 2. The normalized spacial score (nSPS) is 13.4. The fourth-order valence-electron chi connectivity index (χ4n) is 3.06. The van der Waals surface area contributed by atoms with Crippen LogP contribution in [-0.4, -0.2) is 51.0 Å². The van der Waals surface area contributed by atoms with E-state index in [1.54, 1.807) is 11.0 Å². The van der Waals surface area contributed by atoms with Gasteiger partial charge in [-0.05, 0) is 23.8 Å². The maximum atomic E-state index is 13.0. The summed E-state index contributed by atoms with van der Waals surface area (Å²) in [5, 5.41) is 14.8. The average molecular weight is 447 g/mol. The number of anilines is 1. The van der Waals surface area contributed by atoms with Crippen LogP contribution >= 0.6 is 0 Å². The molecule has 168 valence electrons. The van der Waals surface area contributed by atoms with Crippen molar-refractivity contribution >= 4 is 17.6 Å². The van der Waals surface area contributed by atoms with Crippen molar-refractivity contribution in [1.82, 2.24) is 20.1 Å². The molecule has 1 aliphatic heterocycles. The highest BCUT2D eigenvalue weighted by molar-refractivity contribution is 6.06. The number of carboxylic acids is 1. The topological polar surface area (TPSA) is 100 Å². The SMILES string of the molecule is Cn1cnc(-c2ccc(C(=O)N3CCNCc4ccccc43)cc2)n1.O=C(O)C(F)(F)F. The van der Waals surface area contributed by atoms with Crippen LogP contribution in [-0.2, 0) is 18.4 Å². The van der Waals surface area contributed by atoms with Gasteiger partial charge < -0.3 is 15.3 Å². The van der Waals surface area contributed by atoms with E-state index < -0.39 is 12.1 Å². The van der Waals surface area contributed by atoms with E-state index in [1.807, 2.05) is 54.4 Å². The first kappa shape index (κ1) is 22.9. The minimum Gasteiger partial charge on any atom is -0.475 e. The summed E-state index contributed by atoms with van der Waals surface area (Å²) in [5.41, 5.74) is 3.68. The summed E-state index contributed by atoms with van der Waals surface area (Å²) in [6.45, 7) is 2.21. The smallest absolute Gasteiger partial charge is 0.475 e. The van der Waals surface area contributed by atoms with Gasteiger partial charge in [-0.2, -0.15) is 18.3 Å². The van der Waals surface area contributed by atoms with Crippen LogP contribution < -0.4 is 10.2 Å². The molecule has 0 atom stereocenters. The lowest BCUT2D eigenvalue weighted by molar-refractivity contribution is -0.192. The minimum atomic E-state index is -5.08. The number of aromatic nitrogens is 3. The highest BCUT2D eigenvalue weighted by Gasteiger charge is 2.38. The number of aryl methyl sites for hydroxylation is 1. The second-order valence-corrected chi connectivity index (χ2v) is 6.88. The van der Waals surface area contributed by atoms with Crippen molar-refractivity contribution in [2.75, 3.05) is 18.0 Å². The molecule has 1 aliphatic rings. The summed E-state index contributed by atoms with van der Waals surface area (Å²) in [6, 6.07) is 15.5. The molecular weight excluding hydrogens is 427 g/mol. The number of carbonyl (C=O) groups excluding carboxylic acids is 1. The second-order valence-electron chi connectivity index (χ2n) is 6.88. The second kappa shape index (κ2) is 9.60. The lowest BCUT2D eigenvalue weighted by Gasteiger charge is -2.22. The highest BCUT2D eigenvalue weighted by atomic mass is 19.4. The van der Waals surface area contributed by atoms with Gasteiger partial charge in [-0.15, -0.1) is 0 Å². The van der Waals surface area contributed by atoms with Gasteiger partial charge in [0.05, 0.1) is 0 Å². The van der Waals surface area contributed by atoms with Crippen LogP contribution in [0.5, 0.6) is 0 Å². The first-order chi connectivity index (χ1) is 15.2. The summed E-state index contributed by atoms with van der Waals surface area (Å²) in [4.78, 5) is 28.0. The number of nitrogens with zero attached hydrogens (tertiary/aromatic N) is 4. The standard InChI is InChI=1S/C19H19N5O.C2HF3O2/c1-23-13-21-18(22-23)14-6-8-15(9-7-14)19(25)24-11-10-20-12-16-4-2-3-5-17(16)24;3-2(4,5)1(6)7/h2-9,13,20H,10-12H2,1H3;(H,6,7). The largest absolute Gasteiger partial charge is 0.490 e. The van der Waals surface area contributed by atoms with Gasteiger partial charge in [0.25, 0.3) is 5.91 Å². The number of carboxylic acid groups (broad SMARTS) is 1. The minimum absolute atomic E-state index is 0.0108. The fraction of sp³-hybridized carbons (Fsp3) is 0.238. The molecule has 4 rings (SSSR count). The number of nitrogens with one attached hydrogen (secondary N) is 1. The molecule has 0 unspecified atom stereocenters. The van der Waals surface area contributed by atoms with Gasteiger partial charge in [0.1, 0.15) is 6.33 Å². The molecule has 0 saturated heterocycles. The van der Waals surface area contributed by atoms with E-state index in [9.17, 15) is 18.0 Å². The van der Waals surface area contributed by atoms with Gasteiger partial charge in [-0.3, -0.25) is 9.48 Å². The van der Waals surface area contributed by atoms with Gasteiger partial charge in [-0.1, -0.05) is 30.3 Å². The highest BCUT2D eigenvalue weighted by Crippen LogP contribution is 2.24. The summed E-state index contributed by atoms with van der Waals surface area (Å²) in [6.07, 6.45) is -3.42. The number of hydrogen-bond donors (Lipinski definition) is 2. The Morgan fingerprint density at radius 3 is 2.34 bits per heavy atom. The Morgan fingerprint density at radius 1 is 1.09 bits per heavy atom. The predicted molar refractivity (Wildman–Crippen MR) is 110 cm³/mol. The molecule has 11 heteroatoms. The van der Waals surface area contributed by atoms with Crippen molar-refractivity contribution in [3.8, 4) is 11.4 Å². The van der Waals surface area contributed by atoms with Crippen LogP contribution in [0.15, 0.2) is 54.9 Å². The quantitative estimate of drug-likeness (QED) is 0.627. The third-order valence-corrected chi connectivity index (χ3v) is 4.59. The van der Waals surface area contributed by atoms with Crippen LogP contribution in [0, 0.1) is 0 Å². The van der Waals surface area contributed by atoms with Crippen LogP contribution in [0.1, 0.15) is 15.9 Å². The number of rotatable bonds is 2. The predicted octanol–water partition coefficient (Wildman–Crippen LogP) is 2.87. The molecule has 8 nitrogen and oxygen atoms in total. The van der Waals surface area contributed by atoms with Crippen LogP contribution in [0.3, 0.4) is 0 Å². The van der Waals surface area contributed by atoms with Gasteiger partial charge in [-0.25, -0.2) is 9.78 Å². The molecule has 0 aliphatic carbocycles. The summed E-state index contributed by atoms with van der Waals surface area (Å²) >= 11 is 0. The van der Waals surface area contributed by atoms with Crippen molar-refractivity contribution in [2.24, 2.45) is 7.05 Å².